The smallest absolute Gasteiger partial charge is 0.144 e. The van der Waals surface area contributed by atoms with Crippen molar-refractivity contribution in [2.45, 2.75) is 13.5 Å². The second-order valence-corrected chi connectivity index (χ2v) is 3.74. The Morgan fingerprint density at radius 3 is 2.93 bits per heavy atom. The van der Waals surface area contributed by atoms with Crippen molar-refractivity contribution in [3.63, 3.8) is 0 Å². The van der Waals surface area contributed by atoms with E-state index < -0.39 is 0 Å². The SMILES string of the molecule is Cc1ncsc1CNc1cnccn1. The van der Waals surface area contributed by atoms with Crippen LogP contribution in [0.1, 0.15) is 10.6 Å². The van der Waals surface area contributed by atoms with Crippen molar-refractivity contribution >= 4 is 17.2 Å². The number of hydrogen-bond acceptors (Lipinski definition) is 5. The predicted octanol–water partition coefficient (Wildman–Crippen LogP) is 1.85. The molecule has 2 aromatic rings. The Hall–Kier alpha value is -1.49. The zero-order chi connectivity index (χ0) is 9.80. The Morgan fingerprint density at radius 1 is 1.36 bits per heavy atom. The van der Waals surface area contributed by atoms with Gasteiger partial charge in [0.1, 0.15) is 5.82 Å². The highest BCUT2D eigenvalue weighted by Crippen LogP contribution is 2.13. The van der Waals surface area contributed by atoms with Crippen LogP contribution < -0.4 is 5.32 Å². The molecule has 0 amide bonds. The summed E-state index contributed by atoms with van der Waals surface area (Å²) in [5, 5.41) is 3.18. The predicted molar refractivity (Wildman–Crippen MR) is 56.2 cm³/mol. The van der Waals surface area contributed by atoms with Crippen molar-refractivity contribution in [1.82, 2.24) is 15.0 Å². The van der Waals surface area contributed by atoms with Crippen LogP contribution in [0.3, 0.4) is 0 Å². The van der Waals surface area contributed by atoms with Gasteiger partial charge in [0.15, 0.2) is 0 Å². The molecule has 0 spiro atoms. The van der Waals surface area contributed by atoms with Crippen LogP contribution in [0.25, 0.3) is 0 Å². The van der Waals surface area contributed by atoms with E-state index in [-0.39, 0.29) is 0 Å². The molecule has 2 aromatic heterocycles. The molecule has 0 aliphatic rings. The molecule has 0 aliphatic carbocycles. The molecule has 5 heteroatoms. The van der Waals surface area contributed by atoms with Crippen molar-refractivity contribution in [2.75, 3.05) is 5.32 Å². The Labute approximate surface area is 86.1 Å². The van der Waals surface area contributed by atoms with Gasteiger partial charge in [-0.25, -0.2) is 9.97 Å². The van der Waals surface area contributed by atoms with E-state index in [1.165, 1.54) is 4.88 Å². The Bertz CT molecular complexity index is 398. The number of nitrogens with zero attached hydrogens (tertiary/aromatic N) is 3. The van der Waals surface area contributed by atoms with E-state index in [0.717, 1.165) is 18.1 Å². The average molecular weight is 206 g/mol. The first-order chi connectivity index (χ1) is 6.86. The first-order valence-corrected chi connectivity index (χ1v) is 5.13. The normalized spacial score (nSPS) is 10.1. The second-order valence-electron chi connectivity index (χ2n) is 2.81. The summed E-state index contributed by atoms with van der Waals surface area (Å²) in [5.74, 6) is 0.792. The van der Waals surface area contributed by atoms with Crippen molar-refractivity contribution in [3.8, 4) is 0 Å². The van der Waals surface area contributed by atoms with Gasteiger partial charge in [0.25, 0.3) is 0 Å². The van der Waals surface area contributed by atoms with E-state index in [2.05, 4.69) is 20.3 Å². The lowest BCUT2D eigenvalue weighted by Gasteiger charge is -2.02. The van der Waals surface area contributed by atoms with E-state index in [9.17, 15) is 0 Å². The Kier molecular flexibility index (Phi) is 2.69. The molecule has 0 unspecified atom stereocenters. The maximum atomic E-state index is 4.17. The van der Waals surface area contributed by atoms with Crippen molar-refractivity contribution < 1.29 is 0 Å². The number of anilines is 1. The van der Waals surface area contributed by atoms with Crippen LogP contribution in [0.15, 0.2) is 24.1 Å². The lowest BCUT2D eigenvalue weighted by atomic mass is 10.4. The molecule has 0 saturated heterocycles. The first kappa shape index (κ1) is 9.08. The quantitative estimate of drug-likeness (QED) is 0.832. The minimum atomic E-state index is 0.759. The summed E-state index contributed by atoms with van der Waals surface area (Å²) in [6.07, 6.45) is 5.03. The molecule has 14 heavy (non-hydrogen) atoms. The van der Waals surface area contributed by atoms with Crippen molar-refractivity contribution in [2.24, 2.45) is 0 Å². The van der Waals surface area contributed by atoms with E-state index in [1.54, 1.807) is 29.9 Å². The largest absolute Gasteiger partial charge is 0.364 e. The number of hydrogen-bond donors (Lipinski definition) is 1. The summed E-state index contributed by atoms with van der Waals surface area (Å²) in [7, 11) is 0. The maximum absolute atomic E-state index is 4.17. The molecular weight excluding hydrogens is 196 g/mol. The summed E-state index contributed by atoms with van der Waals surface area (Å²) in [6, 6.07) is 0. The zero-order valence-electron chi connectivity index (χ0n) is 7.77. The monoisotopic (exact) mass is 206 g/mol. The number of rotatable bonds is 3. The minimum Gasteiger partial charge on any atom is -0.364 e. The van der Waals surface area contributed by atoms with Gasteiger partial charge in [0.2, 0.25) is 0 Å². The van der Waals surface area contributed by atoms with Gasteiger partial charge >= 0.3 is 0 Å². The van der Waals surface area contributed by atoms with Crippen molar-refractivity contribution in [1.29, 1.82) is 0 Å². The highest BCUT2D eigenvalue weighted by molar-refractivity contribution is 7.09. The third kappa shape index (κ3) is 2.05. The van der Waals surface area contributed by atoms with Gasteiger partial charge in [-0.1, -0.05) is 0 Å². The number of nitrogens with one attached hydrogen (secondary N) is 1. The van der Waals surface area contributed by atoms with Crippen LogP contribution >= 0.6 is 11.3 Å². The minimum absolute atomic E-state index is 0.759. The van der Waals surface area contributed by atoms with Gasteiger partial charge in [0.05, 0.1) is 23.9 Å². The first-order valence-electron chi connectivity index (χ1n) is 4.25. The topological polar surface area (TPSA) is 50.7 Å². The second kappa shape index (κ2) is 4.15. The van der Waals surface area contributed by atoms with E-state index >= 15 is 0 Å². The fraction of sp³-hybridized carbons (Fsp3) is 0.222. The van der Waals surface area contributed by atoms with Crippen LogP contribution in [0.2, 0.25) is 0 Å². The molecule has 0 radical (unpaired) electrons. The lowest BCUT2D eigenvalue weighted by molar-refractivity contribution is 1.08. The summed E-state index contributed by atoms with van der Waals surface area (Å²) in [4.78, 5) is 13.5. The van der Waals surface area contributed by atoms with E-state index in [0.29, 0.717) is 0 Å². The number of aromatic nitrogens is 3. The van der Waals surface area contributed by atoms with E-state index in [1.807, 2.05) is 12.4 Å². The third-order valence-corrected chi connectivity index (χ3v) is 2.77. The highest BCUT2D eigenvalue weighted by atomic mass is 32.1. The third-order valence-electron chi connectivity index (χ3n) is 1.84. The van der Waals surface area contributed by atoms with Crippen LogP contribution in [-0.2, 0) is 6.54 Å². The Balaban J connectivity index is 1.99. The summed E-state index contributed by atoms with van der Waals surface area (Å²) in [5.41, 5.74) is 2.93. The van der Waals surface area contributed by atoms with E-state index in [4.69, 9.17) is 0 Å². The molecule has 0 fully saturated rings. The van der Waals surface area contributed by atoms with Crippen LogP contribution in [0, 0.1) is 6.92 Å². The molecule has 0 saturated carbocycles. The molecule has 1 N–H and O–H groups in total. The molecule has 0 atom stereocenters. The van der Waals surface area contributed by atoms with Crippen molar-refractivity contribution in [3.05, 3.63) is 34.7 Å². The van der Waals surface area contributed by atoms with Crippen LogP contribution in [-0.4, -0.2) is 15.0 Å². The molecule has 4 nitrogen and oxygen atoms in total. The van der Waals surface area contributed by atoms with Gasteiger partial charge in [-0.15, -0.1) is 11.3 Å². The molecule has 2 heterocycles. The molecular formula is C9H10N4S. The standard InChI is InChI=1S/C9H10N4S/c1-7-8(14-6-13-7)4-12-9-5-10-2-3-11-9/h2-3,5-6H,4H2,1H3,(H,11,12). The molecule has 72 valence electrons. The van der Waals surface area contributed by atoms with Gasteiger partial charge < -0.3 is 5.32 Å². The van der Waals surface area contributed by atoms with Gasteiger partial charge in [-0.3, -0.25) is 4.98 Å². The number of aryl methyl sites for hydroxylation is 1. The summed E-state index contributed by atoms with van der Waals surface area (Å²) >= 11 is 1.65. The molecule has 0 aromatic carbocycles. The fourth-order valence-electron chi connectivity index (χ4n) is 1.06. The summed E-state index contributed by atoms with van der Waals surface area (Å²) in [6.45, 7) is 2.76. The average Bonchev–Trinajstić information content (AvgIpc) is 2.63. The lowest BCUT2D eigenvalue weighted by Crippen LogP contribution is -2.00. The van der Waals surface area contributed by atoms with Crippen LogP contribution in [0.4, 0.5) is 5.82 Å². The maximum Gasteiger partial charge on any atom is 0.144 e. The zero-order valence-corrected chi connectivity index (χ0v) is 8.58. The highest BCUT2D eigenvalue weighted by Gasteiger charge is 2.00. The van der Waals surface area contributed by atoms with Gasteiger partial charge in [0, 0.05) is 17.3 Å². The van der Waals surface area contributed by atoms with Gasteiger partial charge in [-0.2, -0.15) is 0 Å². The summed E-state index contributed by atoms with van der Waals surface area (Å²) < 4.78 is 0. The molecule has 0 bridgehead atoms. The molecule has 2 rings (SSSR count). The fourth-order valence-corrected chi connectivity index (χ4v) is 1.77. The molecule has 0 aliphatic heterocycles. The number of thiazole rings is 1. The van der Waals surface area contributed by atoms with Crippen LogP contribution in [0.5, 0.6) is 0 Å². The Morgan fingerprint density at radius 2 is 2.29 bits per heavy atom. The van der Waals surface area contributed by atoms with Gasteiger partial charge in [-0.05, 0) is 6.92 Å².